The summed E-state index contributed by atoms with van der Waals surface area (Å²) >= 11 is 0. The molecule has 0 aliphatic carbocycles. The molecule has 2 nitrogen and oxygen atoms in total. The number of benzene rings is 1. The van der Waals surface area contributed by atoms with Gasteiger partial charge in [0.25, 0.3) is 0 Å². The molecule has 1 N–H and O–H groups in total. The molecule has 1 unspecified atom stereocenters. The maximum absolute atomic E-state index is 4.20. The molecule has 0 radical (unpaired) electrons. The van der Waals surface area contributed by atoms with Crippen LogP contribution in [0.3, 0.4) is 0 Å². The third kappa shape index (κ3) is 9.32. The highest BCUT2D eigenvalue weighted by Gasteiger charge is 2.27. The van der Waals surface area contributed by atoms with Gasteiger partial charge in [0, 0.05) is 18.3 Å². The van der Waals surface area contributed by atoms with E-state index in [2.05, 4.69) is 87.3 Å². The third-order valence-corrected chi connectivity index (χ3v) is 7.64. The van der Waals surface area contributed by atoms with E-state index in [1.165, 1.54) is 12.8 Å². The van der Waals surface area contributed by atoms with Crippen LogP contribution >= 0.6 is 0 Å². The zero-order chi connectivity index (χ0) is 32.6. The standard InChI is InChI=1S/C43H46N2/c1-9-14-23-33(6)34(7)27-28-35(8)36(21-10-2)24-17-15-16-18-25-37(22-11-3)40-29-30-41(39(13-5)38(40)12-4)42-32-45-31-20-19-26-43(45)44-42/h9-18,21-25,27-30,32,43-44H,1-8,19-20,26,31H2/b16-15-,23-14-,24-17+,25-18+,28-27-,36-21-,37-22-. The molecule has 1 aromatic rings. The molecule has 0 aromatic heterocycles. The van der Waals surface area contributed by atoms with E-state index in [-0.39, 0.29) is 0 Å². The summed E-state index contributed by atoms with van der Waals surface area (Å²) in [6, 6.07) is 4.34. The molecule has 2 aliphatic heterocycles. The highest BCUT2D eigenvalue weighted by atomic mass is 15.3. The van der Waals surface area contributed by atoms with Crippen LogP contribution in [-0.2, 0) is 0 Å². The second-order valence-electron chi connectivity index (χ2n) is 10.7. The van der Waals surface area contributed by atoms with Crippen molar-refractivity contribution in [3.63, 3.8) is 0 Å². The molecule has 1 aromatic carbocycles. The summed E-state index contributed by atoms with van der Waals surface area (Å²) < 4.78 is 0. The van der Waals surface area contributed by atoms with Crippen molar-refractivity contribution >= 4 is 23.4 Å². The van der Waals surface area contributed by atoms with Gasteiger partial charge in [-0.3, -0.25) is 0 Å². The Balaban J connectivity index is 1.76. The molecule has 1 saturated heterocycles. The molecule has 45 heavy (non-hydrogen) atoms. The van der Waals surface area contributed by atoms with Gasteiger partial charge >= 0.3 is 0 Å². The molecule has 3 rings (SSSR count). The first-order valence-corrected chi connectivity index (χ1v) is 15.3. The van der Waals surface area contributed by atoms with E-state index in [0.29, 0.717) is 6.17 Å². The molecular weight excluding hydrogens is 544 g/mol. The average Bonchev–Trinajstić information content (AvgIpc) is 3.49. The van der Waals surface area contributed by atoms with Crippen molar-refractivity contribution in [2.24, 2.45) is 0 Å². The van der Waals surface area contributed by atoms with Gasteiger partial charge in [-0.25, -0.2) is 0 Å². The average molecular weight is 591 g/mol. The van der Waals surface area contributed by atoms with Gasteiger partial charge in [-0.05, 0) is 63.8 Å². The van der Waals surface area contributed by atoms with Crippen molar-refractivity contribution < 1.29 is 0 Å². The van der Waals surface area contributed by atoms with Crippen LogP contribution in [0, 0.1) is 0 Å². The number of piperidine rings is 1. The maximum Gasteiger partial charge on any atom is 0.0985 e. The zero-order valence-corrected chi connectivity index (χ0v) is 26.6. The zero-order valence-electron chi connectivity index (χ0n) is 26.6. The predicted molar refractivity (Wildman–Crippen MR) is 202 cm³/mol. The Bertz CT molecular complexity index is 1600. The summed E-state index contributed by atoms with van der Waals surface area (Å²) in [6.07, 6.45) is 38.9. The normalized spacial score (nSPS) is 17.1. The SMILES string of the molecule is C=C/C=C\C(=C)C(=C)/C=C\C(=C)C(=C\C=C)/C=C/C=C\C=C\C(=C\C=C)c1ccc(C2=CN3CCCCC3N2)c(C=C)c1C=C. The molecule has 1 fully saturated rings. The molecule has 0 saturated carbocycles. The number of fused-ring (bicyclic) bond motifs is 1. The van der Waals surface area contributed by atoms with Crippen LogP contribution in [0.15, 0.2) is 184 Å². The van der Waals surface area contributed by atoms with Crippen LogP contribution in [0.1, 0.15) is 41.5 Å². The summed E-state index contributed by atoms with van der Waals surface area (Å²) in [5.74, 6) is 0. The van der Waals surface area contributed by atoms with Crippen molar-refractivity contribution in [2.75, 3.05) is 6.54 Å². The van der Waals surface area contributed by atoms with E-state index in [1.54, 1.807) is 12.2 Å². The van der Waals surface area contributed by atoms with Crippen molar-refractivity contribution in [1.29, 1.82) is 0 Å². The Hall–Kier alpha value is -5.34. The van der Waals surface area contributed by atoms with Gasteiger partial charge in [-0.15, -0.1) is 0 Å². The fourth-order valence-corrected chi connectivity index (χ4v) is 5.26. The topological polar surface area (TPSA) is 15.3 Å². The molecule has 2 aliphatic rings. The summed E-state index contributed by atoms with van der Waals surface area (Å²) in [5, 5.41) is 3.72. The Morgan fingerprint density at radius 1 is 0.689 bits per heavy atom. The van der Waals surface area contributed by atoms with E-state index in [9.17, 15) is 0 Å². The molecular formula is C43H46N2. The monoisotopic (exact) mass is 590 g/mol. The van der Waals surface area contributed by atoms with Gasteiger partial charge in [0.1, 0.15) is 0 Å². The van der Waals surface area contributed by atoms with Gasteiger partial charge in [0.15, 0.2) is 0 Å². The van der Waals surface area contributed by atoms with E-state index < -0.39 is 0 Å². The molecule has 0 amide bonds. The van der Waals surface area contributed by atoms with E-state index >= 15 is 0 Å². The van der Waals surface area contributed by atoms with Crippen LogP contribution in [0.4, 0.5) is 0 Å². The fraction of sp³-hybridized carbons (Fsp3) is 0.116. The number of allylic oxidation sites excluding steroid dienone is 20. The van der Waals surface area contributed by atoms with Crippen LogP contribution < -0.4 is 5.32 Å². The van der Waals surface area contributed by atoms with Crippen molar-refractivity contribution in [2.45, 2.75) is 25.4 Å². The Morgan fingerprint density at radius 2 is 1.38 bits per heavy atom. The molecule has 0 spiro atoms. The smallest absolute Gasteiger partial charge is 0.0985 e. The number of hydrogen-bond acceptors (Lipinski definition) is 2. The highest BCUT2D eigenvalue weighted by Crippen LogP contribution is 2.34. The Kier molecular flexibility index (Phi) is 13.4. The molecule has 228 valence electrons. The first-order valence-electron chi connectivity index (χ1n) is 15.3. The maximum atomic E-state index is 4.20. The number of rotatable bonds is 16. The van der Waals surface area contributed by atoms with Crippen LogP contribution in [0.5, 0.6) is 0 Å². The van der Waals surface area contributed by atoms with Gasteiger partial charge < -0.3 is 10.2 Å². The summed E-state index contributed by atoms with van der Waals surface area (Å²) in [4.78, 5) is 2.42. The molecule has 1 atom stereocenters. The Morgan fingerprint density at radius 3 is 2.04 bits per heavy atom. The first-order chi connectivity index (χ1) is 21.9. The fourth-order valence-electron chi connectivity index (χ4n) is 5.26. The summed E-state index contributed by atoms with van der Waals surface area (Å²) in [7, 11) is 0. The van der Waals surface area contributed by atoms with Crippen molar-refractivity contribution in [3.05, 3.63) is 207 Å². The van der Waals surface area contributed by atoms with Gasteiger partial charge in [0.2, 0.25) is 0 Å². The third-order valence-electron chi connectivity index (χ3n) is 7.64. The van der Waals surface area contributed by atoms with E-state index in [0.717, 1.165) is 68.8 Å². The quantitative estimate of drug-likeness (QED) is 0.193. The minimum Gasteiger partial charge on any atom is -0.364 e. The minimum absolute atomic E-state index is 0.381. The van der Waals surface area contributed by atoms with Crippen molar-refractivity contribution in [1.82, 2.24) is 10.2 Å². The lowest BCUT2D eigenvalue weighted by Gasteiger charge is -2.30. The van der Waals surface area contributed by atoms with Crippen LogP contribution in [-0.4, -0.2) is 17.6 Å². The van der Waals surface area contributed by atoms with Gasteiger partial charge in [-0.1, -0.05) is 168 Å². The lowest BCUT2D eigenvalue weighted by molar-refractivity contribution is 0.216. The second kappa shape index (κ2) is 17.7. The molecule has 2 heteroatoms. The van der Waals surface area contributed by atoms with Crippen LogP contribution in [0.2, 0.25) is 0 Å². The highest BCUT2D eigenvalue weighted by molar-refractivity contribution is 5.88. The summed E-state index contributed by atoms with van der Waals surface area (Å²) in [6.45, 7) is 33.2. The molecule has 0 bridgehead atoms. The van der Waals surface area contributed by atoms with Gasteiger partial charge in [0.05, 0.1) is 11.9 Å². The predicted octanol–water partition coefficient (Wildman–Crippen LogP) is 11.0. The lowest BCUT2D eigenvalue weighted by Crippen LogP contribution is -2.39. The van der Waals surface area contributed by atoms with Crippen LogP contribution in [0.25, 0.3) is 23.4 Å². The van der Waals surface area contributed by atoms with E-state index in [1.807, 2.05) is 85.1 Å². The number of nitrogens with zero attached hydrogens (tertiary/aromatic N) is 1. The molecule has 2 heterocycles. The summed E-state index contributed by atoms with van der Waals surface area (Å²) in [5.41, 5.74) is 9.91. The number of hydrogen-bond donors (Lipinski definition) is 1. The minimum atomic E-state index is 0.381. The number of nitrogens with one attached hydrogen (secondary N) is 1. The van der Waals surface area contributed by atoms with Gasteiger partial charge in [-0.2, -0.15) is 0 Å². The lowest BCUT2D eigenvalue weighted by atomic mass is 9.90. The van der Waals surface area contributed by atoms with Crippen molar-refractivity contribution in [3.8, 4) is 0 Å². The van der Waals surface area contributed by atoms with E-state index in [4.69, 9.17) is 0 Å². The first kappa shape index (κ1) is 34.2. The second-order valence-corrected chi connectivity index (χ2v) is 10.7. The largest absolute Gasteiger partial charge is 0.364 e. The Labute approximate surface area is 271 Å².